The Morgan fingerprint density at radius 3 is 3.00 bits per heavy atom. The van der Waals surface area contributed by atoms with Crippen LogP contribution in [0.4, 0.5) is 5.69 Å². The molecule has 0 spiro atoms. The molecule has 92 valence electrons. The van der Waals surface area contributed by atoms with E-state index >= 15 is 0 Å². The van der Waals surface area contributed by atoms with Crippen molar-refractivity contribution in [3.05, 3.63) is 30.5 Å². The molecule has 1 N–H and O–H groups in total. The highest BCUT2D eigenvalue weighted by atomic mass is 16.5. The molecule has 3 atom stereocenters. The van der Waals surface area contributed by atoms with Crippen molar-refractivity contribution < 1.29 is 4.74 Å². The Balaban J connectivity index is 1.67. The fraction of sp³-hybridized carbons (Fsp3) is 0.429. The number of fused-ring (bicyclic) bond motifs is 3. The predicted octanol–water partition coefficient (Wildman–Crippen LogP) is 2.36. The van der Waals surface area contributed by atoms with Gasteiger partial charge in [0.2, 0.25) is 0 Å². The normalized spacial score (nSPS) is 29.9. The number of aromatic nitrogens is 2. The molecule has 4 heteroatoms. The van der Waals surface area contributed by atoms with E-state index in [0.717, 1.165) is 23.0 Å². The quantitative estimate of drug-likeness (QED) is 0.876. The first-order valence-electron chi connectivity index (χ1n) is 6.52. The average Bonchev–Trinajstić information content (AvgIpc) is 3.01. The highest BCUT2D eigenvalue weighted by Gasteiger charge is 2.40. The third-order valence-corrected chi connectivity index (χ3v) is 3.99. The summed E-state index contributed by atoms with van der Waals surface area (Å²) in [5.74, 6) is 0. The van der Waals surface area contributed by atoms with E-state index in [9.17, 15) is 0 Å². The molecule has 2 saturated heterocycles. The summed E-state index contributed by atoms with van der Waals surface area (Å²) in [5.41, 5.74) is 2.01. The van der Waals surface area contributed by atoms with E-state index in [-0.39, 0.29) is 0 Å². The molecule has 2 aromatic rings. The van der Waals surface area contributed by atoms with Crippen molar-refractivity contribution in [1.29, 1.82) is 0 Å². The monoisotopic (exact) mass is 241 g/mol. The summed E-state index contributed by atoms with van der Waals surface area (Å²) >= 11 is 0. The minimum Gasteiger partial charge on any atom is -0.378 e. The maximum Gasteiger partial charge on any atom is 0.0950 e. The highest BCUT2D eigenvalue weighted by Crippen LogP contribution is 2.36. The molecule has 2 aliphatic rings. The summed E-state index contributed by atoms with van der Waals surface area (Å²) < 4.78 is 5.87. The van der Waals surface area contributed by atoms with Gasteiger partial charge in [0, 0.05) is 5.39 Å². The lowest BCUT2D eigenvalue weighted by molar-refractivity contribution is 0.102. The van der Waals surface area contributed by atoms with Crippen molar-refractivity contribution in [3.63, 3.8) is 0 Å². The van der Waals surface area contributed by atoms with Crippen LogP contribution in [0.3, 0.4) is 0 Å². The molecule has 2 aliphatic heterocycles. The lowest BCUT2D eigenvalue weighted by atomic mass is 9.95. The van der Waals surface area contributed by atoms with Gasteiger partial charge in [-0.3, -0.25) is 0 Å². The van der Waals surface area contributed by atoms with E-state index < -0.39 is 0 Å². The van der Waals surface area contributed by atoms with Gasteiger partial charge in [-0.2, -0.15) is 10.2 Å². The molecule has 4 nitrogen and oxygen atoms in total. The van der Waals surface area contributed by atoms with Gasteiger partial charge >= 0.3 is 0 Å². The lowest BCUT2D eigenvalue weighted by Crippen LogP contribution is -2.30. The molecule has 0 saturated carbocycles. The predicted molar refractivity (Wildman–Crippen MR) is 69.5 cm³/mol. The molecule has 0 aliphatic carbocycles. The molecule has 1 aromatic carbocycles. The van der Waals surface area contributed by atoms with Gasteiger partial charge in [-0.15, -0.1) is 0 Å². The van der Waals surface area contributed by atoms with Crippen LogP contribution in [0.25, 0.3) is 10.9 Å². The van der Waals surface area contributed by atoms with E-state index in [0.29, 0.717) is 18.2 Å². The van der Waals surface area contributed by atoms with E-state index in [1.807, 2.05) is 24.4 Å². The van der Waals surface area contributed by atoms with Crippen LogP contribution < -0.4 is 5.32 Å². The van der Waals surface area contributed by atoms with Crippen LogP contribution in [0.15, 0.2) is 30.5 Å². The number of ether oxygens (including phenoxy) is 1. The molecule has 3 heterocycles. The van der Waals surface area contributed by atoms with Gasteiger partial charge in [-0.25, -0.2) is 0 Å². The van der Waals surface area contributed by atoms with Gasteiger partial charge in [0.05, 0.1) is 35.7 Å². The number of anilines is 1. The first kappa shape index (κ1) is 10.3. The van der Waals surface area contributed by atoms with E-state index in [4.69, 9.17) is 4.74 Å². The summed E-state index contributed by atoms with van der Waals surface area (Å²) in [6.45, 7) is 0. The largest absolute Gasteiger partial charge is 0.378 e. The SMILES string of the molecule is c1ccc2c(NC3CC4CCC3O4)cnnc2c1. The molecule has 0 amide bonds. The molecule has 2 bridgehead atoms. The molecule has 4 rings (SSSR count). The number of nitrogens with one attached hydrogen (secondary N) is 1. The van der Waals surface area contributed by atoms with Gasteiger partial charge in [0.15, 0.2) is 0 Å². The van der Waals surface area contributed by atoms with E-state index in [1.54, 1.807) is 0 Å². The summed E-state index contributed by atoms with van der Waals surface area (Å²) in [7, 11) is 0. The van der Waals surface area contributed by atoms with Crippen molar-refractivity contribution in [3.8, 4) is 0 Å². The molecular formula is C14H15N3O. The van der Waals surface area contributed by atoms with Gasteiger partial charge in [-0.1, -0.05) is 18.2 Å². The Bertz CT molecular complexity index is 581. The molecule has 2 fully saturated rings. The van der Waals surface area contributed by atoms with Crippen LogP contribution in [-0.2, 0) is 4.74 Å². The summed E-state index contributed by atoms with van der Waals surface area (Å²) in [6.07, 6.45) is 6.17. The van der Waals surface area contributed by atoms with Crippen molar-refractivity contribution >= 4 is 16.6 Å². The van der Waals surface area contributed by atoms with E-state index in [2.05, 4.69) is 21.6 Å². The van der Waals surface area contributed by atoms with Crippen LogP contribution in [-0.4, -0.2) is 28.4 Å². The number of nitrogens with zero attached hydrogens (tertiary/aromatic N) is 2. The average molecular weight is 241 g/mol. The first-order valence-corrected chi connectivity index (χ1v) is 6.52. The fourth-order valence-corrected chi connectivity index (χ4v) is 3.11. The summed E-state index contributed by atoms with van der Waals surface area (Å²) in [5, 5.41) is 12.9. The van der Waals surface area contributed by atoms with Crippen molar-refractivity contribution in [2.75, 3.05) is 5.32 Å². The summed E-state index contributed by atoms with van der Waals surface area (Å²) in [4.78, 5) is 0. The molecular weight excluding hydrogens is 226 g/mol. The molecule has 3 unspecified atom stereocenters. The minimum absolute atomic E-state index is 0.377. The van der Waals surface area contributed by atoms with Gasteiger partial charge in [-0.05, 0) is 25.3 Å². The van der Waals surface area contributed by atoms with Crippen LogP contribution in [0.5, 0.6) is 0 Å². The zero-order valence-electron chi connectivity index (χ0n) is 10.0. The third kappa shape index (κ3) is 1.56. The van der Waals surface area contributed by atoms with Crippen LogP contribution >= 0.6 is 0 Å². The third-order valence-electron chi connectivity index (χ3n) is 3.99. The van der Waals surface area contributed by atoms with Crippen molar-refractivity contribution in [1.82, 2.24) is 10.2 Å². The van der Waals surface area contributed by atoms with E-state index in [1.165, 1.54) is 12.8 Å². The second kappa shape index (κ2) is 3.92. The van der Waals surface area contributed by atoms with Crippen molar-refractivity contribution in [2.24, 2.45) is 0 Å². The molecule has 18 heavy (non-hydrogen) atoms. The van der Waals surface area contributed by atoms with Gasteiger partial charge < -0.3 is 10.1 Å². The van der Waals surface area contributed by atoms with Crippen LogP contribution in [0, 0.1) is 0 Å². The minimum atomic E-state index is 0.377. The Morgan fingerprint density at radius 2 is 2.17 bits per heavy atom. The van der Waals surface area contributed by atoms with Gasteiger partial charge in [0.25, 0.3) is 0 Å². The zero-order chi connectivity index (χ0) is 11.9. The number of hydrogen-bond acceptors (Lipinski definition) is 4. The Hall–Kier alpha value is -1.68. The molecule has 0 radical (unpaired) electrons. The number of hydrogen-bond donors (Lipinski definition) is 1. The van der Waals surface area contributed by atoms with Crippen molar-refractivity contribution in [2.45, 2.75) is 37.5 Å². The first-order chi connectivity index (χ1) is 8.90. The maximum atomic E-state index is 5.87. The Labute approximate surface area is 105 Å². The summed E-state index contributed by atoms with van der Waals surface area (Å²) in [6, 6.07) is 8.52. The van der Waals surface area contributed by atoms with Crippen LogP contribution in [0.1, 0.15) is 19.3 Å². The second-order valence-electron chi connectivity index (χ2n) is 5.14. The smallest absolute Gasteiger partial charge is 0.0950 e. The lowest BCUT2D eigenvalue weighted by Gasteiger charge is -2.21. The fourth-order valence-electron chi connectivity index (χ4n) is 3.11. The zero-order valence-corrected chi connectivity index (χ0v) is 10.0. The molecule has 1 aromatic heterocycles. The Morgan fingerprint density at radius 1 is 1.22 bits per heavy atom. The Kier molecular flexibility index (Phi) is 2.23. The number of benzene rings is 1. The highest BCUT2D eigenvalue weighted by molar-refractivity contribution is 5.90. The maximum absolute atomic E-state index is 5.87. The van der Waals surface area contributed by atoms with Crippen LogP contribution in [0.2, 0.25) is 0 Å². The van der Waals surface area contributed by atoms with Gasteiger partial charge in [0.1, 0.15) is 0 Å². The standard InChI is InChI=1S/C14H15N3O/c1-2-4-11-10(3-1)13(8-15-17-11)16-12-7-9-5-6-14(12)18-9/h1-4,8-9,12,14H,5-7H2,(H,16,17). The topological polar surface area (TPSA) is 47.0 Å². The number of rotatable bonds is 2. The second-order valence-corrected chi connectivity index (χ2v) is 5.14.